The van der Waals surface area contributed by atoms with Gasteiger partial charge in [0.25, 0.3) is 20.2 Å². The van der Waals surface area contributed by atoms with E-state index in [2.05, 4.69) is 5.32 Å². The summed E-state index contributed by atoms with van der Waals surface area (Å²) in [4.78, 5) is 15.2. The molecule has 0 radical (unpaired) electrons. The first-order chi connectivity index (χ1) is 19.4. The lowest BCUT2D eigenvalue weighted by Gasteiger charge is -2.14. The minimum Gasteiger partial charge on any atom is -0.481 e. The molecule has 0 saturated heterocycles. The molecule has 0 atom stereocenters. The minimum atomic E-state index is -4.47. The molecule has 2 aromatic carbocycles. The molecule has 4 N–H and O–H groups in total. The third-order valence-electron chi connectivity index (χ3n) is 6.70. The summed E-state index contributed by atoms with van der Waals surface area (Å²) in [7, 11) is -8.53. The number of aromatic nitrogens is 1. The van der Waals surface area contributed by atoms with E-state index >= 15 is 0 Å². The molecule has 0 fully saturated rings. The number of nitrogens with one attached hydrogen (secondary N) is 1. The van der Waals surface area contributed by atoms with Crippen LogP contribution in [0.4, 0.5) is 5.69 Å². The van der Waals surface area contributed by atoms with E-state index in [0.717, 1.165) is 18.2 Å². The third-order valence-corrected chi connectivity index (χ3v) is 8.35. The van der Waals surface area contributed by atoms with Gasteiger partial charge >= 0.3 is 5.97 Å². The van der Waals surface area contributed by atoms with Crippen molar-refractivity contribution in [3.8, 4) is 11.5 Å². The number of benzene rings is 3. The summed E-state index contributed by atoms with van der Waals surface area (Å²) >= 11 is 0. The van der Waals surface area contributed by atoms with Gasteiger partial charge in [-0.1, -0.05) is 12.5 Å². The summed E-state index contributed by atoms with van der Waals surface area (Å²) in [5.41, 5.74) is 1.94. The van der Waals surface area contributed by atoms with Gasteiger partial charge in [-0.2, -0.15) is 16.8 Å². The molecule has 0 unspecified atom stereocenters. The molecule has 0 amide bonds. The molecule has 0 spiro atoms. The van der Waals surface area contributed by atoms with E-state index in [1.807, 2.05) is 17.6 Å². The molecule has 1 aliphatic heterocycles. The first kappa shape index (κ1) is 30.4. The fourth-order valence-corrected chi connectivity index (χ4v) is 5.69. The van der Waals surface area contributed by atoms with Gasteiger partial charge < -0.3 is 14.8 Å². The average Bonchev–Trinajstić information content (AvgIpc) is 2.90. The lowest BCUT2D eigenvalue weighted by Crippen LogP contribution is -2.31. The lowest BCUT2D eigenvalue weighted by molar-refractivity contribution is -0.137. The van der Waals surface area contributed by atoms with Gasteiger partial charge in [0.15, 0.2) is 11.3 Å². The van der Waals surface area contributed by atoms with Gasteiger partial charge in [0.05, 0.1) is 16.7 Å². The largest absolute Gasteiger partial charge is 0.481 e. The summed E-state index contributed by atoms with van der Waals surface area (Å²) in [5.74, 6) is -0.729. The molecule has 0 aromatic heterocycles. The Bertz CT molecular complexity index is 1850. The Labute approximate surface area is 237 Å². The molecule has 0 saturated carbocycles. The van der Waals surface area contributed by atoms with Crippen molar-refractivity contribution in [2.75, 3.05) is 30.7 Å². The van der Waals surface area contributed by atoms with Crippen LogP contribution < -0.4 is 15.2 Å². The summed E-state index contributed by atoms with van der Waals surface area (Å²) in [6.07, 6.45) is 2.34. The Kier molecular flexibility index (Phi) is 9.27. The molecule has 14 heteroatoms. The van der Waals surface area contributed by atoms with E-state index in [9.17, 15) is 26.2 Å². The lowest BCUT2D eigenvalue weighted by atomic mass is 10.1. The van der Waals surface area contributed by atoms with E-state index in [0.29, 0.717) is 65.1 Å². The van der Waals surface area contributed by atoms with Crippen molar-refractivity contribution in [2.45, 2.75) is 43.9 Å². The summed E-state index contributed by atoms with van der Waals surface area (Å²) in [5, 5.41) is 14.1. The number of carboxylic acids is 1. The fourth-order valence-electron chi connectivity index (χ4n) is 4.69. The Morgan fingerprint density at radius 2 is 1.76 bits per heavy atom. The average molecular weight is 607 g/mol. The van der Waals surface area contributed by atoms with Crippen LogP contribution >= 0.6 is 0 Å². The molecule has 0 bridgehead atoms. The number of rotatable bonds is 13. The Morgan fingerprint density at radius 1 is 0.976 bits per heavy atom. The van der Waals surface area contributed by atoms with Gasteiger partial charge in [0, 0.05) is 48.0 Å². The number of carboxylic acid groups (broad SMARTS) is 1. The summed E-state index contributed by atoms with van der Waals surface area (Å²) in [6, 6.07) is 11.4. The zero-order valence-corrected chi connectivity index (χ0v) is 24.0. The molecule has 2 aromatic rings. The SMILES string of the molecule is CC[N+](CCCS(=O)(=O)O)=c1ccc2nc3c(cc(NCCCCCC(=O)O)c4ccc(S(=O)(=O)O)cc43)oc-2c1. The minimum absolute atomic E-state index is 0.104. The second kappa shape index (κ2) is 12.5. The highest BCUT2D eigenvalue weighted by atomic mass is 32.2. The number of carbonyl (C=O) groups is 1. The van der Waals surface area contributed by atoms with Crippen molar-refractivity contribution in [1.82, 2.24) is 9.56 Å². The van der Waals surface area contributed by atoms with Gasteiger partial charge in [0.1, 0.15) is 24.3 Å². The van der Waals surface area contributed by atoms with Crippen LogP contribution in [0, 0.1) is 0 Å². The number of hydrogen-bond donors (Lipinski definition) is 4. The molecule has 4 rings (SSSR count). The zero-order chi connectivity index (χ0) is 29.8. The molecule has 2 aliphatic rings. The van der Waals surface area contributed by atoms with Crippen LogP contribution in [0.5, 0.6) is 0 Å². The van der Waals surface area contributed by atoms with Crippen molar-refractivity contribution in [2.24, 2.45) is 0 Å². The molecule has 12 nitrogen and oxygen atoms in total. The van der Waals surface area contributed by atoms with Gasteiger partial charge in [-0.25, -0.2) is 9.56 Å². The van der Waals surface area contributed by atoms with Crippen LogP contribution in [0.2, 0.25) is 0 Å². The van der Waals surface area contributed by atoms with Gasteiger partial charge in [-0.05, 0) is 38.0 Å². The quantitative estimate of drug-likeness (QED) is 0.0574. The highest BCUT2D eigenvalue weighted by Gasteiger charge is 2.19. The van der Waals surface area contributed by atoms with Crippen molar-refractivity contribution in [1.29, 1.82) is 0 Å². The van der Waals surface area contributed by atoms with Crippen LogP contribution in [-0.2, 0) is 25.0 Å². The number of unbranched alkanes of at least 4 members (excludes halogenated alkanes) is 2. The Hall–Kier alpha value is -3.59. The maximum absolute atomic E-state index is 11.9. The number of anilines is 1. The molecule has 1 heterocycles. The number of hydrogen-bond acceptors (Lipinski definition) is 8. The Morgan fingerprint density at radius 3 is 2.44 bits per heavy atom. The highest BCUT2D eigenvalue weighted by molar-refractivity contribution is 7.86. The van der Waals surface area contributed by atoms with E-state index in [4.69, 9.17) is 19.1 Å². The molecule has 1 aliphatic carbocycles. The third kappa shape index (κ3) is 7.79. The highest BCUT2D eigenvalue weighted by Crippen LogP contribution is 2.35. The van der Waals surface area contributed by atoms with Crippen molar-refractivity contribution >= 4 is 53.8 Å². The number of nitrogens with zero attached hydrogens (tertiary/aromatic N) is 2. The van der Waals surface area contributed by atoms with E-state index in [1.165, 1.54) is 12.1 Å². The van der Waals surface area contributed by atoms with Crippen LogP contribution in [0.25, 0.3) is 33.3 Å². The first-order valence-corrected chi connectivity index (χ1v) is 16.2. The van der Waals surface area contributed by atoms with Crippen LogP contribution in [0.15, 0.2) is 51.8 Å². The fraction of sp³-hybridized carbons (Fsp3) is 0.370. The van der Waals surface area contributed by atoms with Crippen molar-refractivity contribution in [3.05, 3.63) is 47.8 Å². The molecule has 41 heavy (non-hydrogen) atoms. The number of fused-ring (bicyclic) bond motifs is 4. The predicted molar refractivity (Wildman–Crippen MR) is 154 cm³/mol. The maximum atomic E-state index is 11.9. The van der Waals surface area contributed by atoms with Gasteiger partial charge in [-0.3, -0.25) is 13.9 Å². The van der Waals surface area contributed by atoms with Crippen LogP contribution in [0.3, 0.4) is 0 Å². The normalized spacial score (nSPS) is 13.1. The number of aliphatic carboxylic acids is 1. The van der Waals surface area contributed by atoms with E-state index < -0.39 is 26.2 Å². The summed E-state index contributed by atoms with van der Waals surface area (Å²) < 4.78 is 72.9. The standard InChI is InChI=1S/C27H31N3O9S2/c1-2-30(13-6-14-40(33,34)35)18-8-11-22-24(15-18)39-25-17-23(28-12-5-3-4-7-26(31)32)20-10-9-19(41(36,37)38)16-21(20)27(25)29-22/h8-11,15-17H,2-7,12-14H2,1H3,(H3,31,32,33,34,35,36,37,38)/p+1. The topological polar surface area (TPSA) is 187 Å². The van der Waals surface area contributed by atoms with E-state index in [1.54, 1.807) is 24.3 Å². The van der Waals surface area contributed by atoms with Crippen molar-refractivity contribution < 1.29 is 40.3 Å². The van der Waals surface area contributed by atoms with E-state index in [-0.39, 0.29) is 23.5 Å². The van der Waals surface area contributed by atoms with Gasteiger partial charge in [0.2, 0.25) is 5.36 Å². The van der Waals surface area contributed by atoms with Gasteiger partial charge in [-0.15, -0.1) is 0 Å². The maximum Gasteiger partial charge on any atom is 0.303 e. The molecule has 220 valence electrons. The monoisotopic (exact) mass is 606 g/mol. The first-order valence-electron chi connectivity index (χ1n) is 13.1. The second-order valence-electron chi connectivity index (χ2n) is 9.67. The zero-order valence-electron chi connectivity index (χ0n) is 22.4. The van der Waals surface area contributed by atoms with Crippen LogP contribution in [-0.4, -0.2) is 67.4 Å². The Balaban J connectivity index is 1.78. The van der Waals surface area contributed by atoms with Crippen molar-refractivity contribution in [3.63, 3.8) is 0 Å². The van der Waals surface area contributed by atoms with Crippen LogP contribution in [0.1, 0.15) is 39.0 Å². The smallest absolute Gasteiger partial charge is 0.303 e. The molecular weight excluding hydrogens is 574 g/mol. The predicted octanol–water partition coefficient (Wildman–Crippen LogP) is 3.46. The second-order valence-corrected chi connectivity index (χ2v) is 12.7. The summed E-state index contributed by atoms with van der Waals surface area (Å²) in [6.45, 7) is 3.44. The molecular formula is C27H32N3O9S2+.